The lowest BCUT2D eigenvalue weighted by Gasteiger charge is -2.11. The third kappa shape index (κ3) is 7.18. The van der Waals surface area contributed by atoms with Crippen LogP contribution in [0.1, 0.15) is 52.9 Å². The van der Waals surface area contributed by atoms with Crippen molar-refractivity contribution in [3.05, 3.63) is 12.2 Å². The minimum absolute atomic E-state index is 0.0354. The number of carbonyl (C=O) groups is 1. The molecule has 0 heterocycles. The highest BCUT2D eigenvalue weighted by Gasteiger charge is 2.15. The monoisotopic (exact) mass is 212 g/mol. The zero-order valence-corrected chi connectivity index (χ0v) is 10.3. The summed E-state index contributed by atoms with van der Waals surface area (Å²) in [5.74, 6) is -0.112. The van der Waals surface area contributed by atoms with Gasteiger partial charge in [-0.2, -0.15) is 0 Å². The maximum absolute atomic E-state index is 11.5. The Morgan fingerprint density at radius 1 is 1.27 bits per heavy atom. The van der Waals surface area contributed by atoms with E-state index in [4.69, 9.17) is 4.74 Å². The molecule has 0 aliphatic carbocycles. The summed E-state index contributed by atoms with van der Waals surface area (Å²) in [7, 11) is 0. The average molecular weight is 212 g/mol. The summed E-state index contributed by atoms with van der Waals surface area (Å²) >= 11 is 0. The van der Waals surface area contributed by atoms with Crippen molar-refractivity contribution in [2.75, 3.05) is 6.61 Å². The number of esters is 1. The van der Waals surface area contributed by atoms with Gasteiger partial charge in [0.2, 0.25) is 0 Å². The van der Waals surface area contributed by atoms with Crippen LogP contribution >= 0.6 is 0 Å². The fraction of sp³-hybridized carbons (Fsp3) is 0.769. The highest BCUT2D eigenvalue weighted by molar-refractivity contribution is 5.74. The van der Waals surface area contributed by atoms with E-state index in [0.717, 1.165) is 12.8 Å². The van der Waals surface area contributed by atoms with Gasteiger partial charge in [-0.1, -0.05) is 44.8 Å². The zero-order chi connectivity index (χ0) is 11.5. The van der Waals surface area contributed by atoms with Crippen LogP contribution in [0.3, 0.4) is 0 Å². The molecule has 0 aromatic carbocycles. The molecule has 1 atom stereocenters. The van der Waals surface area contributed by atoms with Crippen LogP contribution in [0.25, 0.3) is 0 Å². The molecule has 0 aromatic rings. The molecule has 0 rings (SSSR count). The topological polar surface area (TPSA) is 26.3 Å². The van der Waals surface area contributed by atoms with Gasteiger partial charge >= 0.3 is 5.97 Å². The van der Waals surface area contributed by atoms with E-state index in [0.29, 0.717) is 6.61 Å². The molecule has 0 bridgehead atoms. The van der Waals surface area contributed by atoms with Crippen molar-refractivity contribution < 1.29 is 9.53 Å². The van der Waals surface area contributed by atoms with E-state index in [-0.39, 0.29) is 11.9 Å². The first kappa shape index (κ1) is 14.2. The van der Waals surface area contributed by atoms with Gasteiger partial charge in [-0.3, -0.25) is 4.79 Å². The summed E-state index contributed by atoms with van der Waals surface area (Å²) in [6.45, 7) is 6.45. The van der Waals surface area contributed by atoms with Gasteiger partial charge in [0.25, 0.3) is 0 Å². The Balaban J connectivity index is 3.87. The van der Waals surface area contributed by atoms with Gasteiger partial charge in [-0.15, -0.1) is 0 Å². The summed E-state index contributed by atoms with van der Waals surface area (Å²) in [6, 6.07) is 0. The molecule has 0 amide bonds. The molecule has 15 heavy (non-hydrogen) atoms. The highest BCUT2D eigenvalue weighted by atomic mass is 16.5. The molecule has 0 spiro atoms. The largest absolute Gasteiger partial charge is 0.466 e. The Hall–Kier alpha value is -0.790. The molecule has 0 aromatic heterocycles. The van der Waals surface area contributed by atoms with Crippen molar-refractivity contribution in [1.29, 1.82) is 0 Å². The van der Waals surface area contributed by atoms with Crippen molar-refractivity contribution in [2.45, 2.75) is 52.9 Å². The van der Waals surface area contributed by atoms with E-state index in [9.17, 15) is 4.79 Å². The molecule has 0 N–H and O–H groups in total. The van der Waals surface area contributed by atoms with Crippen LogP contribution in [0.15, 0.2) is 12.2 Å². The SMILES string of the molecule is CC=CC(CCCCCC)C(=O)OCC. The van der Waals surface area contributed by atoms with Gasteiger partial charge in [0, 0.05) is 0 Å². The van der Waals surface area contributed by atoms with E-state index in [1.54, 1.807) is 0 Å². The van der Waals surface area contributed by atoms with Crippen molar-refractivity contribution in [3.8, 4) is 0 Å². The Labute approximate surface area is 93.7 Å². The summed E-state index contributed by atoms with van der Waals surface area (Å²) in [4.78, 5) is 11.5. The Morgan fingerprint density at radius 3 is 2.53 bits per heavy atom. The Bertz CT molecular complexity index is 185. The van der Waals surface area contributed by atoms with E-state index in [1.807, 2.05) is 26.0 Å². The summed E-state index contributed by atoms with van der Waals surface area (Å²) in [5, 5.41) is 0. The van der Waals surface area contributed by atoms with Gasteiger partial charge < -0.3 is 4.74 Å². The molecule has 0 saturated heterocycles. The molecular weight excluding hydrogens is 188 g/mol. The van der Waals surface area contributed by atoms with E-state index in [2.05, 4.69) is 6.92 Å². The van der Waals surface area contributed by atoms with Crippen molar-refractivity contribution in [1.82, 2.24) is 0 Å². The maximum atomic E-state index is 11.5. The summed E-state index contributed by atoms with van der Waals surface area (Å²) in [6.07, 6.45) is 9.61. The number of hydrogen-bond donors (Lipinski definition) is 0. The van der Waals surface area contributed by atoms with Crippen LogP contribution < -0.4 is 0 Å². The normalized spacial score (nSPS) is 13.0. The van der Waals surface area contributed by atoms with Crippen molar-refractivity contribution >= 4 is 5.97 Å². The second-order valence-electron chi connectivity index (χ2n) is 3.73. The first-order valence-corrected chi connectivity index (χ1v) is 6.05. The number of ether oxygens (including phenoxy) is 1. The van der Waals surface area contributed by atoms with Gasteiger partial charge in [0.05, 0.1) is 12.5 Å². The zero-order valence-electron chi connectivity index (χ0n) is 10.3. The molecule has 0 saturated carbocycles. The lowest BCUT2D eigenvalue weighted by molar-refractivity contribution is -0.146. The molecule has 2 heteroatoms. The lowest BCUT2D eigenvalue weighted by Crippen LogP contribution is -2.15. The van der Waals surface area contributed by atoms with Crippen LogP contribution in [0.4, 0.5) is 0 Å². The van der Waals surface area contributed by atoms with Crippen LogP contribution in [0, 0.1) is 5.92 Å². The van der Waals surface area contributed by atoms with E-state index in [1.165, 1.54) is 19.3 Å². The van der Waals surface area contributed by atoms with Crippen LogP contribution in [0.5, 0.6) is 0 Å². The third-order valence-corrected chi connectivity index (χ3v) is 2.38. The molecule has 2 nitrogen and oxygen atoms in total. The van der Waals surface area contributed by atoms with Crippen LogP contribution in [-0.4, -0.2) is 12.6 Å². The molecule has 0 aliphatic heterocycles. The van der Waals surface area contributed by atoms with Crippen LogP contribution in [0.2, 0.25) is 0 Å². The maximum Gasteiger partial charge on any atom is 0.312 e. The molecular formula is C13H24O2. The predicted octanol–water partition coefficient (Wildman–Crippen LogP) is 3.71. The molecule has 88 valence electrons. The summed E-state index contributed by atoms with van der Waals surface area (Å²) < 4.78 is 5.02. The van der Waals surface area contributed by atoms with E-state index >= 15 is 0 Å². The quantitative estimate of drug-likeness (QED) is 0.348. The average Bonchev–Trinajstić information content (AvgIpc) is 2.23. The fourth-order valence-corrected chi connectivity index (χ4v) is 1.57. The second kappa shape index (κ2) is 9.75. The van der Waals surface area contributed by atoms with Crippen molar-refractivity contribution in [3.63, 3.8) is 0 Å². The lowest BCUT2D eigenvalue weighted by atomic mass is 10.0. The van der Waals surface area contributed by atoms with Crippen molar-refractivity contribution in [2.24, 2.45) is 5.92 Å². The second-order valence-corrected chi connectivity index (χ2v) is 3.73. The van der Waals surface area contributed by atoms with Crippen LogP contribution in [-0.2, 0) is 9.53 Å². The van der Waals surface area contributed by atoms with E-state index < -0.39 is 0 Å². The minimum atomic E-state index is -0.0768. The van der Waals surface area contributed by atoms with Gasteiger partial charge in [-0.25, -0.2) is 0 Å². The molecule has 0 fully saturated rings. The summed E-state index contributed by atoms with van der Waals surface area (Å²) in [5.41, 5.74) is 0. The minimum Gasteiger partial charge on any atom is -0.466 e. The first-order chi connectivity index (χ1) is 7.26. The predicted molar refractivity (Wildman–Crippen MR) is 63.7 cm³/mol. The number of rotatable bonds is 8. The first-order valence-electron chi connectivity index (χ1n) is 6.05. The number of hydrogen-bond acceptors (Lipinski definition) is 2. The molecule has 1 unspecified atom stereocenters. The third-order valence-electron chi connectivity index (χ3n) is 2.38. The van der Waals surface area contributed by atoms with Gasteiger partial charge in [-0.05, 0) is 20.3 Å². The van der Waals surface area contributed by atoms with Gasteiger partial charge in [0.1, 0.15) is 0 Å². The number of unbranched alkanes of at least 4 members (excludes halogenated alkanes) is 3. The van der Waals surface area contributed by atoms with Gasteiger partial charge in [0.15, 0.2) is 0 Å². The number of allylic oxidation sites excluding steroid dienone is 1. The number of carbonyl (C=O) groups excluding carboxylic acids is 1. The standard InChI is InChI=1S/C13H24O2/c1-4-7-8-9-11-12(10-5-2)13(14)15-6-3/h5,10,12H,4,6-9,11H2,1-3H3. The Morgan fingerprint density at radius 2 is 2.00 bits per heavy atom. The molecule has 0 aliphatic rings. The molecule has 0 radical (unpaired) electrons. The Kier molecular flexibility index (Phi) is 9.24. The highest BCUT2D eigenvalue weighted by Crippen LogP contribution is 2.14. The fourth-order valence-electron chi connectivity index (χ4n) is 1.57. The smallest absolute Gasteiger partial charge is 0.312 e.